The van der Waals surface area contributed by atoms with E-state index in [9.17, 15) is 33.9 Å². The molecular weight excluding hydrogens is 524 g/mol. The lowest BCUT2D eigenvalue weighted by Crippen LogP contribution is -2.58. The molecular formula is C26H36N6O8. The topological polar surface area (TPSA) is 247 Å². The van der Waals surface area contributed by atoms with Gasteiger partial charge in [0.2, 0.25) is 23.6 Å². The molecule has 0 aliphatic rings. The van der Waals surface area contributed by atoms with Crippen LogP contribution in [0.3, 0.4) is 0 Å². The fraction of sp³-hybridized carbons (Fsp3) is 0.462. The molecule has 4 amide bonds. The molecule has 40 heavy (non-hydrogen) atoms. The van der Waals surface area contributed by atoms with Crippen LogP contribution >= 0.6 is 0 Å². The summed E-state index contributed by atoms with van der Waals surface area (Å²) < 4.78 is 0. The van der Waals surface area contributed by atoms with E-state index < -0.39 is 66.2 Å². The lowest BCUT2D eigenvalue weighted by Gasteiger charge is -2.26. The van der Waals surface area contributed by atoms with E-state index >= 15 is 0 Å². The largest absolute Gasteiger partial charge is 0.481 e. The maximum absolute atomic E-state index is 13.4. The number of aromatic amines is 1. The van der Waals surface area contributed by atoms with Crippen molar-refractivity contribution >= 4 is 46.5 Å². The number of H-pyrrole nitrogens is 1. The molecule has 1 aromatic heterocycles. The number of aliphatic carboxylic acids is 2. The molecule has 1 aromatic carbocycles. The van der Waals surface area contributed by atoms with E-state index in [2.05, 4.69) is 20.9 Å². The molecule has 2 aromatic rings. The molecule has 0 saturated carbocycles. The first-order chi connectivity index (χ1) is 18.8. The van der Waals surface area contributed by atoms with Crippen LogP contribution in [0.25, 0.3) is 10.9 Å². The van der Waals surface area contributed by atoms with E-state index in [0.29, 0.717) is 5.56 Å². The Morgan fingerprint density at radius 1 is 0.900 bits per heavy atom. The zero-order valence-electron chi connectivity index (χ0n) is 22.3. The Bertz CT molecular complexity index is 1240. The number of amides is 4. The highest BCUT2D eigenvalue weighted by molar-refractivity contribution is 5.95. The number of aromatic nitrogens is 1. The molecule has 2 rings (SSSR count). The monoisotopic (exact) mass is 560 g/mol. The number of nitrogens with two attached hydrogens (primary N) is 2. The predicted octanol–water partition coefficient (Wildman–Crippen LogP) is -0.637. The summed E-state index contributed by atoms with van der Waals surface area (Å²) in [5.41, 5.74) is 12.3. The van der Waals surface area contributed by atoms with E-state index in [0.717, 1.165) is 10.9 Å². The Hall–Kier alpha value is -4.46. The smallest absolute Gasteiger partial charge is 0.326 e. The van der Waals surface area contributed by atoms with Crippen molar-refractivity contribution in [1.82, 2.24) is 20.9 Å². The summed E-state index contributed by atoms with van der Waals surface area (Å²) in [7, 11) is 0. The second-order valence-corrected chi connectivity index (χ2v) is 9.92. The third-order valence-electron chi connectivity index (χ3n) is 6.10. The van der Waals surface area contributed by atoms with Gasteiger partial charge in [-0.2, -0.15) is 0 Å². The minimum Gasteiger partial charge on any atom is -0.481 e. The standard InChI is InChI=1S/C26H36N6O8/c1-13(2)9-18(30-23(36)16(27)7-8-22(34)35)24(37)31-19(25(38)32-20(26(39)40)11-21(28)33)10-14-12-29-17-6-4-3-5-15(14)17/h3-6,12-13,16,18-20,29H,7-11,27H2,1-2H3,(H2,28,33)(H,30,36)(H,31,37)(H,32,38)(H,34,35)(H,39,40). The number of carboxylic acids is 2. The van der Waals surface area contributed by atoms with Crippen LogP contribution < -0.4 is 27.4 Å². The molecule has 1 heterocycles. The normalized spacial score (nSPS) is 14.1. The molecule has 0 radical (unpaired) electrons. The number of hydrogen-bond donors (Lipinski definition) is 8. The lowest BCUT2D eigenvalue weighted by molar-refractivity contribution is -0.143. The molecule has 4 unspecified atom stereocenters. The molecule has 0 bridgehead atoms. The summed E-state index contributed by atoms with van der Waals surface area (Å²) in [6.07, 6.45) is 0.645. The van der Waals surface area contributed by atoms with Crippen LogP contribution in [-0.4, -0.2) is 74.9 Å². The third-order valence-corrected chi connectivity index (χ3v) is 6.10. The Kier molecular flexibility index (Phi) is 11.6. The highest BCUT2D eigenvalue weighted by Crippen LogP contribution is 2.19. The van der Waals surface area contributed by atoms with Gasteiger partial charge in [-0.25, -0.2) is 4.79 Å². The summed E-state index contributed by atoms with van der Waals surface area (Å²) >= 11 is 0. The Morgan fingerprint density at radius 2 is 1.50 bits per heavy atom. The van der Waals surface area contributed by atoms with Gasteiger partial charge in [0.15, 0.2) is 0 Å². The van der Waals surface area contributed by atoms with E-state index in [4.69, 9.17) is 16.6 Å². The quantitative estimate of drug-likeness (QED) is 0.130. The first kappa shape index (κ1) is 31.8. The maximum atomic E-state index is 13.4. The van der Waals surface area contributed by atoms with Gasteiger partial charge >= 0.3 is 11.9 Å². The number of carbonyl (C=O) groups excluding carboxylic acids is 4. The van der Waals surface area contributed by atoms with Gasteiger partial charge in [0, 0.05) is 29.9 Å². The van der Waals surface area contributed by atoms with Crippen LogP contribution in [0.5, 0.6) is 0 Å². The molecule has 14 nitrogen and oxygen atoms in total. The van der Waals surface area contributed by atoms with Crippen molar-refractivity contribution in [2.45, 2.75) is 70.1 Å². The summed E-state index contributed by atoms with van der Waals surface area (Å²) in [4.78, 5) is 76.0. The van der Waals surface area contributed by atoms with Gasteiger partial charge in [-0.15, -0.1) is 0 Å². The van der Waals surface area contributed by atoms with Crippen LogP contribution in [0.4, 0.5) is 0 Å². The highest BCUT2D eigenvalue weighted by atomic mass is 16.4. The van der Waals surface area contributed by atoms with Gasteiger partial charge in [-0.05, 0) is 30.4 Å². The van der Waals surface area contributed by atoms with Crippen molar-refractivity contribution in [2.75, 3.05) is 0 Å². The summed E-state index contributed by atoms with van der Waals surface area (Å²) in [5.74, 6) is -5.95. The average Bonchev–Trinajstić information content (AvgIpc) is 3.28. The molecule has 0 aliphatic heterocycles. The minimum atomic E-state index is -1.62. The SMILES string of the molecule is CC(C)CC(NC(=O)C(N)CCC(=O)O)C(=O)NC(Cc1c[nH]c2ccccc12)C(=O)NC(CC(N)=O)C(=O)O. The Labute approximate surface area is 230 Å². The molecule has 14 heteroatoms. The number of primary amides is 1. The van der Waals surface area contributed by atoms with Crippen LogP contribution in [0.1, 0.15) is 45.1 Å². The second-order valence-electron chi connectivity index (χ2n) is 9.92. The van der Waals surface area contributed by atoms with E-state index in [1.54, 1.807) is 12.3 Å². The van der Waals surface area contributed by atoms with Crippen molar-refractivity contribution in [3.8, 4) is 0 Å². The van der Waals surface area contributed by atoms with E-state index in [-0.39, 0.29) is 31.6 Å². The predicted molar refractivity (Wildman–Crippen MR) is 144 cm³/mol. The van der Waals surface area contributed by atoms with Crippen molar-refractivity contribution in [3.05, 3.63) is 36.0 Å². The number of fused-ring (bicyclic) bond motifs is 1. The van der Waals surface area contributed by atoms with Crippen molar-refractivity contribution in [2.24, 2.45) is 17.4 Å². The van der Waals surface area contributed by atoms with Crippen LogP contribution in [0.2, 0.25) is 0 Å². The van der Waals surface area contributed by atoms with Gasteiger partial charge in [0.1, 0.15) is 18.1 Å². The zero-order chi connectivity index (χ0) is 30.0. The molecule has 4 atom stereocenters. The number of carboxylic acid groups (broad SMARTS) is 2. The van der Waals surface area contributed by atoms with Crippen molar-refractivity contribution in [3.63, 3.8) is 0 Å². The summed E-state index contributed by atoms with van der Waals surface area (Å²) in [5, 5.41) is 26.4. The molecule has 0 aliphatic carbocycles. The molecule has 0 saturated heterocycles. The fourth-order valence-corrected chi connectivity index (χ4v) is 4.07. The van der Waals surface area contributed by atoms with Crippen LogP contribution in [-0.2, 0) is 35.2 Å². The number of hydrogen-bond acceptors (Lipinski definition) is 7. The number of nitrogens with one attached hydrogen (secondary N) is 4. The Morgan fingerprint density at radius 3 is 2.10 bits per heavy atom. The lowest BCUT2D eigenvalue weighted by atomic mass is 10.00. The third kappa shape index (κ3) is 9.69. The highest BCUT2D eigenvalue weighted by Gasteiger charge is 2.32. The van der Waals surface area contributed by atoms with Crippen molar-refractivity contribution in [1.29, 1.82) is 0 Å². The minimum absolute atomic E-state index is 0.0506. The first-order valence-corrected chi connectivity index (χ1v) is 12.7. The van der Waals surface area contributed by atoms with Crippen LogP contribution in [0, 0.1) is 5.92 Å². The van der Waals surface area contributed by atoms with Gasteiger partial charge in [0.25, 0.3) is 0 Å². The van der Waals surface area contributed by atoms with Crippen LogP contribution in [0.15, 0.2) is 30.5 Å². The average molecular weight is 561 g/mol. The van der Waals surface area contributed by atoms with Gasteiger partial charge < -0.3 is 42.6 Å². The number of para-hydroxylation sites is 1. The molecule has 10 N–H and O–H groups in total. The fourth-order valence-electron chi connectivity index (χ4n) is 4.07. The van der Waals surface area contributed by atoms with Gasteiger partial charge in [-0.1, -0.05) is 32.0 Å². The van der Waals surface area contributed by atoms with Gasteiger partial charge in [0.05, 0.1) is 12.5 Å². The first-order valence-electron chi connectivity index (χ1n) is 12.7. The van der Waals surface area contributed by atoms with E-state index in [1.165, 1.54) is 0 Å². The number of benzene rings is 1. The summed E-state index contributed by atoms with van der Waals surface area (Å²) in [6.45, 7) is 3.63. The maximum Gasteiger partial charge on any atom is 0.326 e. The zero-order valence-corrected chi connectivity index (χ0v) is 22.3. The molecule has 218 valence electrons. The summed E-state index contributed by atoms with van der Waals surface area (Å²) in [6, 6.07) is 2.03. The molecule has 0 spiro atoms. The number of carbonyl (C=O) groups is 6. The second kappa shape index (κ2) is 14.6. The number of rotatable bonds is 16. The Balaban J connectivity index is 2.31. The van der Waals surface area contributed by atoms with Gasteiger partial charge in [-0.3, -0.25) is 24.0 Å². The van der Waals surface area contributed by atoms with Crippen molar-refractivity contribution < 1.29 is 39.0 Å². The molecule has 0 fully saturated rings. The van der Waals surface area contributed by atoms with E-state index in [1.807, 2.05) is 32.0 Å².